The third kappa shape index (κ3) is 2.89. The van der Waals surface area contributed by atoms with E-state index in [9.17, 15) is 5.11 Å². The van der Waals surface area contributed by atoms with Crippen molar-refractivity contribution in [2.45, 2.75) is 17.1 Å². The number of benzene rings is 5. The van der Waals surface area contributed by atoms with E-state index in [4.69, 9.17) is 14.2 Å². The Morgan fingerprint density at radius 2 is 0.976 bits per heavy atom. The molecule has 1 aliphatic carbocycles. The van der Waals surface area contributed by atoms with Crippen molar-refractivity contribution in [3.63, 3.8) is 0 Å². The van der Waals surface area contributed by atoms with Gasteiger partial charge in [-0.25, -0.2) is 0 Å². The molecule has 1 N–H and O–H groups in total. The van der Waals surface area contributed by atoms with Gasteiger partial charge in [0.05, 0.1) is 11.3 Å². The van der Waals surface area contributed by atoms with Crippen molar-refractivity contribution in [2.75, 3.05) is 0 Å². The number of fused-ring (bicyclic) bond motifs is 10. The van der Waals surface area contributed by atoms with E-state index in [-0.39, 0.29) is 12.0 Å². The Hall–Kier alpha value is -5.06. The van der Waals surface area contributed by atoms with E-state index in [0.717, 1.165) is 45.1 Å². The Kier molecular flexibility index (Phi) is 4.77. The topological polar surface area (TPSA) is 47.9 Å². The van der Waals surface area contributed by atoms with Crippen LogP contribution in [0.5, 0.6) is 28.7 Å². The van der Waals surface area contributed by atoms with Crippen LogP contribution in [-0.2, 0) is 11.0 Å². The van der Waals surface area contributed by atoms with Gasteiger partial charge in [0.15, 0.2) is 0 Å². The zero-order valence-electron chi connectivity index (χ0n) is 22.6. The molecule has 0 radical (unpaired) electrons. The van der Waals surface area contributed by atoms with E-state index in [2.05, 4.69) is 42.5 Å². The Morgan fingerprint density at radius 1 is 0.476 bits per heavy atom. The van der Waals surface area contributed by atoms with Gasteiger partial charge in [0.2, 0.25) is 0 Å². The van der Waals surface area contributed by atoms with E-state index in [0.29, 0.717) is 17.1 Å². The van der Waals surface area contributed by atoms with E-state index in [1.807, 2.05) is 97.1 Å². The molecule has 9 rings (SSSR count). The minimum atomic E-state index is -1.41. The van der Waals surface area contributed by atoms with Gasteiger partial charge >= 0.3 is 0 Å². The summed E-state index contributed by atoms with van der Waals surface area (Å²) in [5.41, 5.74) is 3.37. The Bertz CT molecular complexity index is 1910. The molecule has 3 aliphatic heterocycles. The maximum atomic E-state index is 13.1. The first-order valence-electron chi connectivity index (χ1n) is 14.3. The smallest absolute Gasteiger partial charge is 0.138 e. The van der Waals surface area contributed by atoms with Gasteiger partial charge in [-0.3, -0.25) is 0 Å². The van der Waals surface area contributed by atoms with Crippen LogP contribution in [0, 0.1) is 5.92 Å². The first-order valence-corrected chi connectivity index (χ1v) is 14.3. The molecule has 202 valence electrons. The van der Waals surface area contributed by atoms with Crippen LogP contribution in [0.2, 0.25) is 0 Å². The van der Waals surface area contributed by atoms with E-state index < -0.39 is 11.0 Å². The fourth-order valence-electron chi connectivity index (χ4n) is 7.55. The molecule has 0 bridgehead atoms. The molecule has 4 nitrogen and oxygen atoms in total. The summed E-state index contributed by atoms with van der Waals surface area (Å²) in [4.78, 5) is 0. The van der Waals surface area contributed by atoms with Gasteiger partial charge in [0.25, 0.3) is 0 Å². The molecule has 1 spiro atoms. The van der Waals surface area contributed by atoms with Gasteiger partial charge in [-0.15, -0.1) is 0 Å². The fraction of sp³-hybridized carbons (Fsp3) is 0.105. The molecule has 5 aromatic carbocycles. The summed E-state index contributed by atoms with van der Waals surface area (Å²) < 4.78 is 19.8. The lowest BCUT2D eigenvalue weighted by Crippen LogP contribution is -2.48. The first-order chi connectivity index (χ1) is 20.7. The molecule has 0 saturated carbocycles. The maximum absolute atomic E-state index is 13.1. The average molecular weight is 547 g/mol. The molecule has 3 unspecified atom stereocenters. The zero-order chi connectivity index (χ0) is 27.9. The van der Waals surface area contributed by atoms with Gasteiger partial charge in [-0.1, -0.05) is 109 Å². The van der Waals surface area contributed by atoms with E-state index in [1.54, 1.807) is 0 Å². The van der Waals surface area contributed by atoms with Gasteiger partial charge in [-0.05, 0) is 30.3 Å². The molecule has 3 atom stereocenters. The standard InChI is InChI=1S/C38H26O4/c39-38(27-15-4-9-22-34(27)41-35-23-10-5-16-28(35)38)30-18-11-17-29-36(30)42-33-21-8-3-14-26(33)37(29)24-12-1-6-19-31(24)40-32-20-7-2-13-25(32)37/h1-23,27,34,39H. The van der Waals surface area contributed by atoms with Gasteiger partial charge in [0, 0.05) is 33.4 Å². The van der Waals surface area contributed by atoms with Crippen LogP contribution in [-0.4, -0.2) is 11.2 Å². The SMILES string of the molecule is OC1(c2cccc3c2Oc2ccccc2C32c3ccccc3Oc3ccccc32)c2ccccc2OC2C=CC=CC21. The Balaban J connectivity index is 1.41. The molecule has 0 saturated heterocycles. The summed E-state index contributed by atoms with van der Waals surface area (Å²) in [5.74, 6) is 3.34. The summed E-state index contributed by atoms with van der Waals surface area (Å²) in [6, 6.07) is 38.7. The summed E-state index contributed by atoms with van der Waals surface area (Å²) >= 11 is 0. The lowest BCUT2D eigenvalue weighted by Gasteiger charge is -2.48. The molecule has 4 aliphatic rings. The lowest BCUT2D eigenvalue weighted by molar-refractivity contribution is -0.0271. The minimum absolute atomic E-state index is 0.319. The van der Waals surface area contributed by atoms with Crippen molar-refractivity contribution in [2.24, 2.45) is 5.92 Å². The lowest BCUT2D eigenvalue weighted by atomic mass is 9.61. The highest BCUT2D eigenvalue weighted by atomic mass is 16.5. The van der Waals surface area contributed by atoms with Crippen LogP contribution in [0.4, 0.5) is 0 Å². The number of allylic oxidation sites excluding steroid dienone is 2. The Morgan fingerprint density at radius 3 is 1.64 bits per heavy atom. The van der Waals surface area contributed by atoms with E-state index in [1.165, 1.54) is 0 Å². The highest BCUT2D eigenvalue weighted by Crippen LogP contribution is 2.63. The third-order valence-electron chi connectivity index (χ3n) is 9.26. The van der Waals surface area contributed by atoms with Crippen LogP contribution in [0.25, 0.3) is 0 Å². The summed E-state index contributed by atoms with van der Waals surface area (Å²) in [6.07, 6.45) is 7.71. The quantitative estimate of drug-likeness (QED) is 0.227. The third-order valence-corrected chi connectivity index (χ3v) is 9.26. The number of para-hydroxylation sites is 5. The van der Waals surface area contributed by atoms with Crippen LogP contribution in [0.1, 0.15) is 33.4 Å². The van der Waals surface area contributed by atoms with Crippen molar-refractivity contribution in [3.05, 3.63) is 173 Å². The molecule has 0 fully saturated rings. The molecular weight excluding hydrogens is 520 g/mol. The highest BCUT2D eigenvalue weighted by Gasteiger charge is 2.55. The average Bonchev–Trinajstić information content (AvgIpc) is 3.04. The summed E-state index contributed by atoms with van der Waals surface area (Å²) in [7, 11) is 0. The molecule has 0 aromatic heterocycles. The van der Waals surface area contributed by atoms with Crippen LogP contribution < -0.4 is 14.2 Å². The normalized spacial score (nSPS) is 23.1. The monoisotopic (exact) mass is 546 g/mol. The van der Waals surface area contributed by atoms with Crippen molar-refractivity contribution in [1.82, 2.24) is 0 Å². The molecule has 5 aromatic rings. The number of rotatable bonds is 1. The van der Waals surface area contributed by atoms with Gasteiger partial charge in [-0.2, -0.15) is 0 Å². The second-order valence-electron chi connectivity index (χ2n) is 11.3. The number of hydrogen-bond acceptors (Lipinski definition) is 4. The Labute approximate surface area is 243 Å². The number of hydrogen-bond donors (Lipinski definition) is 1. The predicted octanol–water partition coefficient (Wildman–Crippen LogP) is 8.02. The number of ether oxygens (including phenoxy) is 3. The van der Waals surface area contributed by atoms with Gasteiger partial charge in [0.1, 0.15) is 40.5 Å². The van der Waals surface area contributed by atoms with Crippen molar-refractivity contribution < 1.29 is 19.3 Å². The van der Waals surface area contributed by atoms with Crippen LogP contribution in [0.15, 0.2) is 140 Å². The predicted molar refractivity (Wildman–Crippen MR) is 161 cm³/mol. The zero-order valence-corrected chi connectivity index (χ0v) is 22.6. The highest BCUT2D eigenvalue weighted by molar-refractivity contribution is 5.76. The maximum Gasteiger partial charge on any atom is 0.138 e. The molecule has 0 amide bonds. The largest absolute Gasteiger partial charge is 0.485 e. The van der Waals surface area contributed by atoms with Crippen molar-refractivity contribution in [1.29, 1.82) is 0 Å². The van der Waals surface area contributed by atoms with E-state index >= 15 is 0 Å². The molecule has 4 heteroatoms. The minimum Gasteiger partial charge on any atom is -0.485 e. The molecule has 3 heterocycles. The van der Waals surface area contributed by atoms with Crippen LogP contribution >= 0.6 is 0 Å². The summed E-state index contributed by atoms with van der Waals surface area (Å²) in [5, 5.41) is 13.1. The van der Waals surface area contributed by atoms with Crippen molar-refractivity contribution in [3.8, 4) is 28.7 Å². The number of aliphatic hydroxyl groups is 1. The second-order valence-corrected chi connectivity index (χ2v) is 11.3. The first kappa shape index (κ1) is 23.6. The molecule has 42 heavy (non-hydrogen) atoms. The van der Waals surface area contributed by atoms with Gasteiger partial charge < -0.3 is 19.3 Å². The second kappa shape index (κ2) is 8.48. The fourth-order valence-corrected chi connectivity index (χ4v) is 7.55. The molecular formula is C38H26O4. The summed E-state index contributed by atoms with van der Waals surface area (Å²) in [6.45, 7) is 0. The van der Waals surface area contributed by atoms with Crippen LogP contribution in [0.3, 0.4) is 0 Å². The van der Waals surface area contributed by atoms with Crippen molar-refractivity contribution >= 4 is 0 Å².